The van der Waals surface area contributed by atoms with Crippen molar-refractivity contribution in [2.24, 2.45) is 0 Å². The van der Waals surface area contributed by atoms with Crippen molar-refractivity contribution in [1.82, 2.24) is 19.9 Å². The molecule has 2 heterocycles. The minimum absolute atomic E-state index is 0.508. The van der Waals surface area contributed by atoms with Crippen molar-refractivity contribution < 1.29 is 0 Å². The second-order valence-corrected chi connectivity index (χ2v) is 7.51. The van der Waals surface area contributed by atoms with Gasteiger partial charge in [0, 0.05) is 35.6 Å². The molecule has 0 aliphatic rings. The average molecular weight is 432 g/mol. The number of pyridine rings is 1. The van der Waals surface area contributed by atoms with Gasteiger partial charge in [-0.15, -0.1) is 0 Å². The predicted octanol–water partition coefficient (Wildman–Crippen LogP) is 4.65. The quantitative estimate of drug-likeness (QED) is 0.336. The summed E-state index contributed by atoms with van der Waals surface area (Å²) < 4.78 is 0. The molecule has 3 N–H and O–H groups in total. The van der Waals surface area contributed by atoms with Crippen LogP contribution in [0.3, 0.4) is 0 Å². The Morgan fingerprint density at radius 2 is 1.90 bits per heavy atom. The van der Waals surface area contributed by atoms with Crippen molar-refractivity contribution in [1.29, 1.82) is 0 Å². The van der Waals surface area contributed by atoms with Crippen molar-refractivity contribution in [2.45, 2.75) is 6.42 Å². The van der Waals surface area contributed by atoms with Gasteiger partial charge in [0.15, 0.2) is 5.82 Å². The Morgan fingerprint density at radius 3 is 2.62 bits per heavy atom. The fourth-order valence-electron chi connectivity index (χ4n) is 2.57. The molecule has 3 aromatic rings. The van der Waals surface area contributed by atoms with E-state index >= 15 is 0 Å². The van der Waals surface area contributed by atoms with Crippen LogP contribution in [0.2, 0.25) is 10.0 Å². The second-order valence-electron chi connectivity index (χ2n) is 6.66. The van der Waals surface area contributed by atoms with Crippen LogP contribution in [-0.2, 0) is 0 Å². The zero-order valence-corrected chi connectivity index (χ0v) is 17.8. The van der Waals surface area contributed by atoms with Crippen molar-refractivity contribution in [3.8, 4) is 11.3 Å². The number of nitrogens with one attached hydrogen (secondary N) is 3. The minimum atomic E-state index is 0.508. The topological polar surface area (TPSA) is 78.0 Å². The first-order valence-corrected chi connectivity index (χ1v) is 9.92. The number of halogens is 2. The number of aromatic nitrogens is 3. The van der Waals surface area contributed by atoms with Crippen LogP contribution in [0.5, 0.6) is 0 Å². The number of hydrogen-bond donors (Lipinski definition) is 3. The molecular formula is C20H23Cl2N7. The van der Waals surface area contributed by atoms with Gasteiger partial charge in [0.25, 0.3) is 0 Å². The average Bonchev–Trinajstić information content (AvgIpc) is 2.71. The summed E-state index contributed by atoms with van der Waals surface area (Å²) in [5, 5.41) is 4.37. The lowest BCUT2D eigenvalue weighted by atomic mass is 10.2. The molecule has 7 nitrogen and oxygen atoms in total. The van der Waals surface area contributed by atoms with E-state index in [1.807, 2.05) is 18.2 Å². The van der Waals surface area contributed by atoms with Crippen LogP contribution in [0.15, 0.2) is 48.8 Å². The third kappa shape index (κ3) is 6.45. The third-order valence-corrected chi connectivity index (χ3v) is 4.55. The van der Waals surface area contributed by atoms with Crippen molar-refractivity contribution in [2.75, 3.05) is 43.4 Å². The van der Waals surface area contributed by atoms with Gasteiger partial charge >= 0.3 is 0 Å². The zero-order chi connectivity index (χ0) is 20.6. The first kappa shape index (κ1) is 21.1. The summed E-state index contributed by atoms with van der Waals surface area (Å²) in [6.07, 6.45) is 4.48. The maximum absolute atomic E-state index is 6.22. The molecule has 29 heavy (non-hydrogen) atoms. The van der Waals surface area contributed by atoms with E-state index in [-0.39, 0.29) is 0 Å². The molecule has 3 rings (SSSR count). The lowest BCUT2D eigenvalue weighted by Crippen LogP contribution is -2.17. The van der Waals surface area contributed by atoms with Crippen LogP contribution in [0.25, 0.3) is 11.3 Å². The van der Waals surface area contributed by atoms with Crippen LogP contribution in [-0.4, -0.2) is 47.0 Å². The molecule has 0 fully saturated rings. The maximum Gasteiger partial charge on any atom is 0.225 e. The van der Waals surface area contributed by atoms with E-state index in [0.29, 0.717) is 27.5 Å². The molecule has 0 aliphatic heterocycles. The highest BCUT2D eigenvalue weighted by atomic mass is 35.5. The summed E-state index contributed by atoms with van der Waals surface area (Å²) in [5.41, 5.74) is 8.50. The standard InChI is InChI=1S/C20H23Cl2N7/c1-29(2)10-4-9-24-20-25-18(14-5-3-8-23-13-14)12-19(26-20)28-27-17-7-6-15(21)11-16(17)22/h3,5-8,11-13,27H,4,9-10H2,1-2H3,(H2,24,25,26,28). The van der Waals surface area contributed by atoms with Gasteiger partial charge in [-0.25, -0.2) is 4.98 Å². The molecule has 0 radical (unpaired) electrons. The van der Waals surface area contributed by atoms with Crippen LogP contribution in [0, 0.1) is 0 Å². The number of rotatable bonds is 9. The summed E-state index contributed by atoms with van der Waals surface area (Å²) in [5.74, 6) is 1.14. The van der Waals surface area contributed by atoms with E-state index in [9.17, 15) is 0 Å². The number of benzene rings is 1. The summed E-state index contributed by atoms with van der Waals surface area (Å²) in [6, 6.07) is 10.9. The highest BCUT2D eigenvalue weighted by Gasteiger charge is 2.08. The molecule has 0 amide bonds. The summed E-state index contributed by atoms with van der Waals surface area (Å²) >= 11 is 12.2. The molecule has 0 bridgehead atoms. The highest BCUT2D eigenvalue weighted by molar-refractivity contribution is 6.36. The molecule has 0 spiro atoms. The number of nitrogens with zero attached hydrogens (tertiary/aromatic N) is 4. The van der Waals surface area contributed by atoms with E-state index in [1.54, 1.807) is 30.6 Å². The summed E-state index contributed by atoms with van der Waals surface area (Å²) in [6.45, 7) is 1.75. The Kier molecular flexibility index (Phi) is 7.46. The first-order valence-electron chi connectivity index (χ1n) is 9.16. The van der Waals surface area contributed by atoms with Gasteiger partial charge in [-0.2, -0.15) is 4.98 Å². The highest BCUT2D eigenvalue weighted by Crippen LogP contribution is 2.26. The van der Waals surface area contributed by atoms with Gasteiger partial charge in [0.2, 0.25) is 5.95 Å². The van der Waals surface area contributed by atoms with E-state index in [0.717, 1.165) is 30.8 Å². The summed E-state index contributed by atoms with van der Waals surface area (Å²) in [4.78, 5) is 15.5. The SMILES string of the molecule is CN(C)CCCNc1nc(NNc2ccc(Cl)cc2Cl)cc(-c2cccnc2)n1. The normalized spacial score (nSPS) is 10.8. The molecular weight excluding hydrogens is 409 g/mol. The van der Waals surface area contributed by atoms with E-state index < -0.39 is 0 Å². The third-order valence-electron chi connectivity index (χ3n) is 4.01. The van der Waals surface area contributed by atoms with Crippen LogP contribution < -0.4 is 16.2 Å². The van der Waals surface area contributed by atoms with Crippen molar-refractivity contribution >= 4 is 40.7 Å². The Bertz CT molecular complexity index is 935. The van der Waals surface area contributed by atoms with E-state index in [1.165, 1.54) is 0 Å². The molecule has 0 atom stereocenters. The number of hydrazine groups is 1. The van der Waals surface area contributed by atoms with E-state index in [4.69, 9.17) is 23.2 Å². The summed E-state index contributed by atoms with van der Waals surface area (Å²) in [7, 11) is 4.10. The molecule has 0 saturated carbocycles. The number of hydrogen-bond acceptors (Lipinski definition) is 7. The lowest BCUT2D eigenvalue weighted by Gasteiger charge is -2.14. The fourth-order valence-corrected chi connectivity index (χ4v) is 3.03. The molecule has 0 unspecified atom stereocenters. The molecule has 9 heteroatoms. The van der Waals surface area contributed by atoms with Gasteiger partial charge in [-0.05, 0) is 57.4 Å². The minimum Gasteiger partial charge on any atom is -0.354 e. The molecule has 0 saturated heterocycles. The van der Waals surface area contributed by atoms with E-state index in [2.05, 4.69) is 50.1 Å². The predicted molar refractivity (Wildman–Crippen MR) is 121 cm³/mol. The van der Waals surface area contributed by atoms with Gasteiger partial charge in [-0.1, -0.05) is 23.2 Å². The number of anilines is 3. The molecule has 2 aromatic heterocycles. The largest absolute Gasteiger partial charge is 0.354 e. The monoisotopic (exact) mass is 431 g/mol. The van der Waals surface area contributed by atoms with Gasteiger partial charge in [0.05, 0.1) is 16.4 Å². The van der Waals surface area contributed by atoms with Crippen LogP contribution in [0.1, 0.15) is 6.42 Å². The van der Waals surface area contributed by atoms with Crippen LogP contribution in [0.4, 0.5) is 17.5 Å². The Hall–Kier alpha value is -2.61. The molecule has 152 valence electrons. The van der Waals surface area contributed by atoms with Crippen molar-refractivity contribution in [3.63, 3.8) is 0 Å². The smallest absolute Gasteiger partial charge is 0.225 e. The Labute approximate surface area is 180 Å². The lowest BCUT2D eigenvalue weighted by molar-refractivity contribution is 0.405. The van der Waals surface area contributed by atoms with Crippen molar-refractivity contribution in [3.05, 3.63) is 58.8 Å². The van der Waals surface area contributed by atoms with Gasteiger partial charge in [0.1, 0.15) is 0 Å². The fraction of sp³-hybridized carbons (Fsp3) is 0.250. The Morgan fingerprint density at radius 1 is 1.03 bits per heavy atom. The molecule has 0 aliphatic carbocycles. The Balaban J connectivity index is 1.78. The maximum atomic E-state index is 6.22. The van der Waals surface area contributed by atoms with Gasteiger partial charge in [-0.3, -0.25) is 15.8 Å². The second kappa shape index (κ2) is 10.2. The zero-order valence-electron chi connectivity index (χ0n) is 16.3. The first-order chi connectivity index (χ1) is 14.0. The van der Waals surface area contributed by atoms with Crippen LogP contribution >= 0.6 is 23.2 Å². The van der Waals surface area contributed by atoms with Gasteiger partial charge < -0.3 is 10.2 Å². The molecule has 1 aromatic carbocycles.